The zero-order valence-electron chi connectivity index (χ0n) is 13.5. The summed E-state index contributed by atoms with van der Waals surface area (Å²) < 4.78 is 1.90. The summed E-state index contributed by atoms with van der Waals surface area (Å²) in [6.45, 7) is 6.40. The van der Waals surface area contributed by atoms with Gasteiger partial charge in [0.15, 0.2) is 5.65 Å². The van der Waals surface area contributed by atoms with Crippen molar-refractivity contribution in [3.05, 3.63) is 42.4 Å². The molecule has 0 unspecified atom stereocenters. The van der Waals surface area contributed by atoms with Gasteiger partial charge in [-0.1, -0.05) is 12.1 Å². The van der Waals surface area contributed by atoms with E-state index in [4.69, 9.17) is 0 Å². The number of hydrogen-bond acceptors (Lipinski definition) is 4. The number of aromatic nitrogens is 4. The number of nitrogens with zero attached hydrogens (tertiary/aromatic N) is 5. The third kappa shape index (κ3) is 2.55. The smallest absolute Gasteiger partial charge is 0.168 e. The molecule has 0 saturated carbocycles. The third-order valence-electron chi connectivity index (χ3n) is 4.51. The fourth-order valence-electron chi connectivity index (χ4n) is 3.13. The Morgan fingerprint density at radius 2 is 1.96 bits per heavy atom. The molecule has 0 radical (unpaired) electrons. The average molecular weight is 309 g/mol. The Labute approximate surface area is 135 Å². The van der Waals surface area contributed by atoms with Gasteiger partial charge in [0.25, 0.3) is 0 Å². The second kappa shape index (κ2) is 5.62. The number of benzene rings is 1. The van der Waals surface area contributed by atoms with Gasteiger partial charge in [0.2, 0.25) is 0 Å². The summed E-state index contributed by atoms with van der Waals surface area (Å²) >= 11 is 0. The molecule has 0 aliphatic carbocycles. The summed E-state index contributed by atoms with van der Waals surface area (Å²) in [6, 6.07) is 8.31. The standard InChI is InChI=1S/C17H20N6/c1-13-4-3-5-14(10-13)23-17-15(11-20-23)16(18-12-19-17)22-8-6-21(2)7-9-22/h3-5,10-12H,6-9H2,1-2H3/p+1. The molecule has 118 valence electrons. The number of aryl methyl sites for hydroxylation is 1. The SMILES string of the molecule is Cc1cccc(-n2ncc3c(N4CC[NH+](C)CC4)ncnc32)c1. The minimum Gasteiger partial charge on any atom is -0.345 e. The van der Waals surface area contributed by atoms with Gasteiger partial charge in [0.05, 0.1) is 50.5 Å². The molecule has 1 aliphatic heterocycles. The van der Waals surface area contributed by atoms with E-state index in [0.29, 0.717) is 0 Å². The van der Waals surface area contributed by atoms with E-state index >= 15 is 0 Å². The molecule has 6 nitrogen and oxygen atoms in total. The van der Waals surface area contributed by atoms with Gasteiger partial charge >= 0.3 is 0 Å². The van der Waals surface area contributed by atoms with Gasteiger partial charge in [-0.3, -0.25) is 0 Å². The zero-order valence-corrected chi connectivity index (χ0v) is 13.5. The number of quaternary nitrogens is 1. The zero-order chi connectivity index (χ0) is 15.8. The lowest BCUT2D eigenvalue weighted by Gasteiger charge is -2.30. The van der Waals surface area contributed by atoms with Crippen LogP contribution in [-0.4, -0.2) is 53.0 Å². The Balaban J connectivity index is 1.78. The number of piperazine rings is 1. The third-order valence-corrected chi connectivity index (χ3v) is 4.51. The van der Waals surface area contributed by atoms with Crippen molar-refractivity contribution < 1.29 is 4.90 Å². The summed E-state index contributed by atoms with van der Waals surface area (Å²) in [5.41, 5.74) is 3.11. The molecular formula is C17H21N6+. The van der Waals surface area contributed by atoms with Crippen LogP contribution < -0.4 is 9.80 Å². The first-order valence-electron chi connectivity index (χ1n) is 8.04. The van der Waals surface area contributed by atoms with Gasteiger partial charge in [-0.05, 0) is 24.6 Å². The van der Waals surface area contributed by atoms with Crippen LogP contribution in [0, 0.1) is 6.92 Å². The van der Waals surface area contributed by atoms with Crippen LogP contribution in [0.2, 0.25) is 0 Å². The molecular weight excluding hydrogens is 288 g/mol. The summed E-state index contributed by atoms with van der Waals surface area (Å²) in [4.78, 5) is 12.9. The van der Waals surface area contributed by atoms with Crippen molar-refractivity contribution in [3.63, 3.8) is 0 Å². The minimum atomic E-state index is 0.867. The van der Waals surface area contributed by atoms with Gasteiger partial charge in [-0.2, -0.15) is 5.10 Å². The molecule has 3 heterocycles. The number of hydrogen-bond donors (Lipinski definition) is 1. The van der Waals surface area contributed by atoms with Gasteiger partial charge in [-0.25, -0.2) is 14.6 Å². The molecule has 3 aromatic rings. The molecule has 4 rings (SSSR count). The molecule has 6 heteroatoms. The highest BCUT2D eigenvalue weighted by atomic mass is 15.3. The number of rotatable bonds is 2. The molecule has 0 bridgehead atoms. The van der Waals surface area contributed by atoms with Gasteiger partial charge in [0.1, 0.15) is 12.1 Å². The monoisotopic (exact) mass is 309 g/mol. The van der Waals surface area contributed by atoms with Crippen LogP contribution in [0.15, 0.2) is 36.8 Å². The van der Waals surface area contributed by atoms with E-state index in [9.17, 15) is 0 Å². The second-order valence-electron chi connectivity index (χ2n) is 6.27. The summed E-state index contributed by atoms with van der Waals surface area (Å²) in [7, 11) is 2.24. The molecule has 23 heavy (non-hydrogen) atoms. The molecule has 1 N–H and O–H groups in total. The van der Waals surface area contributed by atoms with Crippen molar-refractivity contribution in [2.45, 2.75) is 6.92 Å². The number of fused-ring (bicyclic) bond motifs is 1. The maximum Gasteiger partial charge on any atom is 0.168 e. The quantitative estimate of drug-likeness (QED) is 0.747. The highest BCUT2D eigenvalue weighted by Gasteiger charge is 2.21. The van der Waals surface area contributed by atoms with Crippen molar-refractivity contribution in [3.8, 4) is 5.69 Å². The van der Waals surface area contributed by atoms with Crippen LogP contribution in [0.1, 0.15) is 5.56 Å². The molecule has 0 atom stereocenters. The van der Waals surface area contributed by atoms with Crippen LogP contribution >= 0.6 is 0 Å². The van der Waals surface area contributed by atoms with E-state index in [-0.39, 0.29) is 0 Å². The Morgan fingerprint density at radius 1 is 1.13 bits per heavy atom. The maximum absolute atomic E-state index is 4.56. The average Bonchev–Trinajstić information content (AvgIpc) is 3.00. The van der Waals surface area contributed by atoms with Crippen molar-refractivity contribution in [1.29, 1.82) is 0 Å². The fraction of sp³-hybridized carbons (Fsp3) is 0.353. The summed E-state index contributed by atoms with van der Waals surface area (Å²) in [6.07, 6.45) is 3.54. The maximum atomic E-state index is 4.56. The van der Waals surface area contributed by atoms with E-state index in [0.717, 1.165) is 48.7 Å². The lowest BCUT2D eigenvalue weighted by molar-refractivity contribution is -0.880. The van der Waals surface area contributed by atoms with Crippen LogP contribution in [0.25, 0.3) is 16.7 Å². The van der Waals surface area contributed by atoms with E-state index in [1.807, 2.05) is 16.9 Å². The summed E-state index contributed by atoms with van der Waals surface area (Å²) in [5.74, 6) is 1.00. The normalized spacial score (nSPS) is 16.2. The van der Waals surface area contributed by atoms with Crippen LogP contribution in [0.4, 0.5) is 5.82 Å². The van der Waals surface area contributed by atoms with Gasteiger partial charge in [-0.15, -0.1) is 0 Å². The highest BCUT2D eigenvalue weighted by Crippen LogP contribution is 2.24. The Kier molecular flexibility index (Phi) is 3.46. The number of anilines is 1. The first-order valence-corrected chi connectivity index (χ1v) is 8.04. The van der Waals surface area contributed by atoms with Gasteiger partial charge < -0.3 is 9.80 Å². The van der Waals surface area contributed by atoms with Gasteiger partial charge in [0, 0.05) is 0 Å². The molecule has 0 amide bonds. The summed E-state index contributed by atoms with van der Waals surface area (Å²) in [5, 5.41) is 5.58. The lowest BCUT2D eigenvalue weighted by atomic mass is 10.2. The highest BCUT2D eigenvalue weighted by molar-refractivity contribution is 5.87. The van der Waals surface area contributed by atoms with Crippen molar-refractivity contribution >= 4 is 16.9 Å². The molecule has 1 fully saturated rings. The molecule has 1 aliphatic rings. The van der Waals surface area contributed by atoms with Crippen LogP contribution in [0.3, 0.4) is 0 Å². The van der Waals surface area contributed by atoms with E-state index in [2.05, 4.69) is 52.1 Å². The predicted molar refractivity (Wildman–Crippen MR) is 90.2 cm³/mol. The topological polar surface area (TPSA) is 51.3 Å². The first-order chi connectivity index (χ1) is 11.2. The lowest BCUT2D eigenvalue weighted by Crippen LogP contribution is -3.12. The van der Waals surface area contributed by atoms with Crippen LogP contribution in [-0.2, 0) is 0 Å². The van der Waals surface area contributed by atoms with E-state index in [1.54, 1.807) is 11.2 Å². The molecule has 2 aromatic heterocycles. The number of nitrogens with one attached hydrogen (secondary N) is 1. The Hall–Kier alpha value is -2.47. The molecule has 1 saturated heterocycles. The number of likely N-dealkylation sites (N-methyl/N-ethyl adjacent to an activating group) is 1. The fourth-order valence-corrected chi connectivity index (χ4v) is 3.13. The first kappa shape index (κ1) is 14.1. The van der Waals surface area contributed by atoms with E-state index < -0.39 is 0 Å². The van der Waals surface area contributed by atoms with Crippen molar-refractivity contribution in [2.24, 2.45) is 0 Å². The largest absolute Gasteiger partial charge is 0.345 e. The molecule has 1 aromatic carbocycles. The van der Waals surface area contributed by atoms with E-state index in [1.165, 1.54) is 5.56 Å². The predicted octanol–water partition coefficient (Wildman–Crippen LogP) is 0.459. The van der Waals surface area contributed by atoms with Crippen LogP contribution in [0.5, 0.6) is 0 Å². The Bertz CT molecular complexity index is 832. The van der Waals surface area contributed by atoms with Crippen molar-refractivity contribution in [2.75, 3.05) is 38.1 Å². The second-order valence-corrected chi connectivity index (χ2v) is 6.27. The van der Waals surface area contributed by atoms with Crippen molar-refractivity contribution in [1.82, 2.24) is 19.7 Å². The Morgan fingerprint density at radius 3 is 2.74 bits per heavy atom. The molecule has 0 spiro atoms. The minimum absolute atomic E-state index is 0.867.